The van der Waals surface area contributed by atoms with Crippen LogP contribution < -0.4 is 11.5 Å². The van der Waals surface area contributed by atoms with E-state index in [2.05, 4.69) is 4.90 Å². The number of nitrogens with two attached hydrogens (primary N) is 2. The maximum Gasteiger partial charge on any atom is 0.235 e. The monoisotopic (exact) mass is 143 g/mol. The van der Waals surface area contributed by atoms with Crippen molar-refractivity contribution in [3.05, 3.63) is 0 Å². The number of carbonyl (C=O) groups excluding carboxylic acids is 1. The Kier molecular flexibility index (Phi) is 2.24. The van der Waals surface area contributed by atoms with Gasteiger partial charge in [0.15, 0.2) is 0 Å². The van der Waals surface area contributed by atoms with E-state index in [0.717, 1.165) is 13.1 Å². The quantitative estimate of drug-likeness (QED) is 0.505. The molecule has 1 heterocycles. The number of carbonyl (C=O) groups is 1. The molecular formula is C6H13N3O. The lowest BCUT2D eigenvalue weighted by Gasteiger charge is -2.31. The highest BCUT2D eigenvalue weighted by molar-refractivity contribution is 5.79. The molecule has 1 aliphatic heterocycles. The summed E-state index contributed by atoms with van der Waals surface area (Å²) in [6.07, 6.45) is 1.21. The summed E-state index contributed by atoms with van der Waals surface area (Å²) in [4.78, 5) is 12.6. The molecule has 0 aromatic carbocycles. The molecule has 1 amide bonds. The fraction of sp³-hybridized carbons (Fsp3) is 0.833. The molecule has 4 nitrogen and oxygen atoms in total. The largest absolute Gasteiger partial charge is 0.368 e. The summed E-state index contributed by atoms with van der Waals surface area (Å²) in [5.41, 5.74) is 10.4. The summed E-state index contributed by atoms with van der Waals surface area (Å²) in [5.74, 6) is -0.410. The van der Waals surface area contributed by atoms with E-state index in [4.69, 9.17) is 11.5 Å². The van der Waals surface area contributed by atoms with Crippen molar-refractivity contribution in [2.45, 2.75) is 12.5 Å². The van der Waals surface area contributed by atoms with Crippen molar-refractivity contribution in [3.63, 3.8) is 0 Å². The van der Waals surface area contributed by atoms with Crippen LogP contribution in [-0.2, 0) is 4.79 Å². The van der Waals surface area contributed by atoms with Gasteiger partial charge in [0, 0.05) is 6.54 Å². The van der Waals surface area contributed by atoms with Crippen LogP contribution in [0.1, 0.15) is 6.42 Å². The number of rotatable bonds is 3. The van der Waals surface area contributed by atoms with Gasteiger partial charge in [-0.3, -0.25) is 4.79 Å². The van der Waals surface area contributed by atoms with Crippen molar-refractivity contribution in [2.75, 3.05) is 19.6 Å². The first-order valence-electron chi connectivity index (χ1n) is 3.47. The van der Waals surface area contributed by atoms with Gasteiger partial charge in [0.1, 0.15) is 0 Å². The number of hydrogen-bond donors (Lipinski definition) is 2. The molecule has 0 spiro atoms. The maximum absolute atomic E-state index is 10.4. The van der Waals surface area contributed by atoms with Crippen molar-refractivity contribution < 1.29 is 4.79 Å². The van der Waals surface area contributed by atoms with Crippen LogP contribution in [0.2, 0.25) is 0 Å². The molecule has 1 rings (SSSR count). The molecule has 1 saturated heterocycles. The van der Waals surface area contributed by atoms with Crippen LogP contribution in [0, 0.1) is 0 Å². The van der Waals surface area contributed by atoms with Crippen molar-refractivity contribution in [2.24, 2.45) is 11.5 Å². The minimum absolute atomic E-state index is 0.410. The second kappa shape index (κ2) is 2.98. The third-order valence-electron chi connectivity index (χ3n) is 1.77. The average Bonchev–Trinajstić information content (AvgIpc) is 1.77. The van der Waals surface area contributed by atoms with Crippen LogP contribution in [0.5, 0.6) is 0 Å². The molecule has 0 radical (unpaired) electrons. The van der Waals surface area contributed by atoms with E-state index in [-0.39, 0.29) is 0 Å². The number of hydrogen-bond acceptors (Lipinski definition) is 3. The normalized spacial score (nSPS) is 21.7. The number of amides is 1. The van der Waals surface area contributed by atoms with Gasteiger partial charge in [0.2, 0.25) is 5.91 Å². The zero-order chi connectivity index (χ0) is 7.56. The lowest BCUT2D eigenvalue weighted by Crippen LogP contribution is -2.50. The topological polar surface area (TPSA) is 72.3 Å². The van der Waals surface area contributed by atoms with Crippen LogP contribution >= 0.6 is 0 Å². The van der Waals surface area contributed by atoms with Crippen molar-refractivity contribution in [3.8, 4) is 0 Å². The minimum Gasteiger partial charge on any atom is -0.368 e. The van der Waals surface area contributed by atoms with Gasteiger partial charge in [-0.15, -0.1) is 0 Å². The van der Waals surface area contributed by atoms with Gasteiger partial charge in [-0.1, -0.05) is 0 Å². The Labute approximate surface area is 60.2 Å². The van der Waals surface area contributed by atoms with Gasteiger partial charge in [-0.05, 0) is 19.5 Å². The van der Waals surface area contributed by atoms with E-state index >= 15 is 0 Å². The molecule has 0 aromatic rings. The SMILES string of the molecule is NC(=O)C(N)CN1CCC1. The van der Waals surface area contributed by atoms with Crippen LogP contribution in [0.15, 0.2) is 0 Å². The highest BCUT2D eigenvalue weighted by Gasteiger charge is 2.19. The van der Waals surface area contributed by atoms with Crippen LogP contribution in [0.3, 0.4) is 0 Å². The standard InChI is InChI=1S/C6H13N3O/c7-5(6(8)10)4-9-2-1-3-9/h5H,1-4,7H2,(H2,8,10). The number of primary amides is 1. The van der Waals surface area contributed by atoms with Crippen molar-refractivity contribution >= 4 is 5.91 Å². The molecule has 0 bridgehead atoms. The van der Waals surface area contributed by atoms with E-state index in [0.29, 0.717) is 6.54 Å². The minimum atomic E-state index is -0.486. The molecule has 4 N–H and O–H groups in total. The third kappa shape index (κ3) is 1.68. The second-order valence-electron chi connectivity index (χ2n) is 2.66. The predicted octanol–water partition coefficient (Wildman–Crippen LogP) is -1.50. The molecule has 1 atom stereocenters. The van der Waals surface area contributed by atoms with E-state index in [9.17, 15) is 4.79 Å². The summed E-state index contributed by atoms with van der Waals surface area (Å²) in [5, 5.41) is 0. The van der Waals surface area contributed by atoms with Gasteiger partial charge in [-0.25, -0.2) is 0 Å². The highest BCUT2D eigenvalue weighted by Crippen LogP contribution is 2.04. The molecular weight excluding hydrogens is 130 g/mol. The summed E-state index contributed by atoms with van der Waals surface area (Å²) >= 11 is 0. The van der Waals surface area contributed by atoms with Gasteiger partial charge < -0.3 is 16.4 Å². The average molecular weight is 143 g/mol. The first kappa shape index (κ1) is 7.50. The van der Waals surface area contributed by atoms with E-state index in [1.807, 2.05) is 0 Å². The van der Waals surface area contributed by atoms with Crippen LogP contribution in [0.4, 0.5) is 0 Å². The lowest BCUT2D eigenvalue weighted by molar-refractivity contribution is -0.119. The summed E-state index contributed by atoms with van der Waals surface area (Å²) in [6.45, 7) is 2.73. The predicted molar refractivity (Wildman–Crippen MR) is 38.2 cm³/mol. The highest BCUT2D eigenvalue weighted by atomic mass is 16.1. The Morgan fingerprint density at radius 3 is 2.50 bits per heavy atom. The summed E-state index contributed by atoms with van der Waals surface area (Å²) in [7, 11) is 0. The smallest absolute Gasteiger partial charge is 0.235 e. The van der Waals surface area contributed by atoms with Gasteiger partial charge in [0.25, 0.3) is 0 Å². The Hall–Kier alpha value is -0.610. The first-order chi connectivity index (χ1) is 4.70. The number of nitrogens with zero attached hydrogens (tertiary/aromatic N) is 1. The lowest BCUT2D eigenvalue weighted by atomic mass is 10.2. The molecule has 58 valence electrons. The molecule has 1 fully saturated rings. The zero-order valence-electron chi connectivity index (χ0n) is 5.92. The van der Waals surface area contributed by atoms with E-state index < -0.39 is 11.9 Å². The van der Waals surface area contributed by atoms with Gasteiger partial charge in [-0.2, -0.15) is 0 Å². The molecule has 0 aliphatic carbocycles. The Morgan fingerprint density at radius 1 is 1.60 bits per heavy atom. The fourth-order valence-electron chi connectivity index (χ4n) is 0.932. The summed E-state index contributed by atoms with van der Waals surface area (Å²) < 4.78 is 0. The molecule has 0 saturated carbocycles. The van der Waals surface area contributed by atoms with Crippen molar-refractivity contribution in [1.29, 1.82) is 0 Å². The van der Waals surface area contributed by atoms with Crippen LogP contribution in [0.25, 0.3) is 0 Å². The van der Waals surface area contributed by atoms with Crippen molar-refractivity contribution in [1.82, 2.24) is 4.90 Å². The fourth-order valence-corrected chi connectivity index (χ4v) is 0.932. The third-order valence-corrected chi connectivity index (χ3v) is 1.77. The molecule has 0 aromatic heterocycles. The molecule has 10 heavy (non-hydrogen) atoms. The zero-order valence-corrected chi connectivity index (χ0v) is 5.92. The molecule has 1 aliphatic rings. The Balaban J connectivity index is 2.16. The van der Waals surface area contributed by atoms with Gasteiger partial charge in [0.05, 0.1) is 6.04 Å². The number of likely N-dealkylation sites (tertiary alicyclic amines) is 1. The van der Waals surface area contributed by atoms with E-state index in [1.54, 1.807) is 0 Å². The Morgan fingerprint density at radius 2 is 2.20 bits per heavy atom. The van der Waals surface area contributed by atoms with E-state index in [1.165, 1.54) is 6.42 Å². The first-order valence-corrected chi connectivity index (χ1v) is 3.47. The molecule has 4 heteroatoms. The summed E-state index contributed by atoms with van der Waals surface area (Å²) in [6, 6.07) is -0.486. The van der Waals surface area contributed by atoms with Crippen LogP contribution in [-0.4, -0.2) is 36.5 Å². The van der Waals surface area contributed by atoms with Gasteiger partial charge >= 0.3 is 0 Å². The second-order valence-corrected chi connectivity index (χ2v) is 2.66. The Bertz CT molecular complexity index is 133. The molecule has 1 unspecified atom stereocenters. The maximum atomic E-state index is 10.4.